The van der Waals surface area contributed by atoms with E-state index in [-0.39, 0.29) is 26.9 Å². The maximum Gasteiger partial charge on any atom is 0.294 e. The molecule has 2 aromatic heterocycles. The molecule has 0 radical (unpaired) electrons. The Labute approximate surface area is 192 Å². The number of sulfonamides is 1. The first kappa shape index (κ1) is 22.0. The SMILES string of the molecule is O=C(NNC(=O)c1nn(-c2ccccc2)cc1O)c1cccc(NS(=O)(=O)c2cccs2)c1. The quantitative estimate of drug-likeness (QED) is 0.311. The molecular formula is C21H17N5O5S2. The van der Waals surface area contributed by atoms with Gasteiger partial charge in [0.15, 0.2) is 11.4 Å². The molecule has 4 rings (SSSR count). The molecule has 12 heteroatoms. The molecule has 0 aliphatic carbocycles. The molecule has 0 saturated carbocycles. The summed E-state index contributed by atoms with van der Waals surface area (Å²) in [7, 11) is -3.77. The molecule has 0 fully saturated rings. The molecule has 33 heavy (non-hydrogen) atoms. The predicted octanol–water partition coefficient (Wildman–Crippen LogP) is 2.52. The second kappa shape index (κ2) is 9.14. The van der Waals surface area contributed by atoms with Gasteiger partial charge in [0.05, 0.1) is 11.9 Å². The van der Waals surface area contributed by atoms with Crippen molar-refractivity contribution in [1.29, 1.82) is 0 Å². The first-order chi connectivity index (χ1) is 15.8. The third kappa shape index (κ3) is 5.02. The summed E-state index contributed by atoms with van der Waals surface area (Å²) in [5.41, 5.74) is 5.03. The molecule has 0 bridgehead atoms. The monoisotopic (exact) mass is 483 g/mol. The number of aromatic hydroxyl groups is 1. The van der Waals surface area contributed by atoms with E-state index in [2.05, 4.69) is 20.7 Å². The molecule has 2 heterocycles. The van der Waals surface area contributed by atoms with Crippen molar-refractivity contribution in [3.8, 4) is 11.4 Å². The summed E-state index contributed by atoms with van der Waals surface area (Å²) in [6.45, 7) is 0. The highest BCUT2D eigenvalue weighted by Gasteiger charge is 2.19. The van der Waals surface area contributed by atoms with Gasteiger partial charge in [-0.05, 0) is 41.8 Å². The smallest absolute Gasteiger partial charge is 0.294 e. The first-order valence-electron chi connectivity index (χ1n) is 9.44. The highest BCUT2D eigenvalue weighted by molar-refractivity contribution is 7.94. The Balaban J connectivity index is 1.42. The predicted molar refractivity (Wildman–Crippen MR) is 122 cm³/mol. The molecule has 10 nitrogen and oxygen atoms in total. The molecule has 168 valence electrons. The number of nitrogens with one attached hydrogen (secondary N) is 3. The molecule has 2 aromatic carbocycles. The topological polar surface area (TPSA) is 142 Å². The highest BCUT2D eigenvalue weighted by Crippen LogP contribution is 2.21. The number of hydrazine groups is 1. The van der Waals surface area contributed by atoms with E-state index in [0.29, 0.717) is 5.69 Å². The van der Waals surface area contributed by atoms with E-state index in [9.17, 15) is 23.1 Å². The van der Waals surface area contributed by atoms with Crippen LogP contribution in [0.5, 0.6) is 5.75 Å². The lowest BCUT2D eigenvalue weighted by molar-refractivity contribution is 0.0842. The van der Waals surface area contributed by atoms with Crippen LogP contribution in [-0.4, -0.2) is 35.1 Å². The van der Waals surface area contributed by atoms with Crippen molar-refractivity contribution in [3.05, 3.63) is 89.6 Å². The summed E-state index contributed by atoms with van der Waals surface area (Å²) in [6, 6.07) is 17.7. The summed E-state index contributed by atoms with van der Waals surface area (Å²) in [5, 5.41) is 15.7. The van der Waals surface area contributed by atoms with Crippen LogP contribution in [0, 0.1) is 0 Å². The summed E-state index contributed by atoms with van der Waals surface area (Å²) in [6.07, 6.45) is 1.27. The highest BCUT2D eigenvalue weighted by atomic mass is 32.2. The molecule has 4 aromatic rings. The molecule has 4 N–H and O–H groups in total. The summed E-state index contributed by atoms with van der Waals surface area (Å²) in [5.74, 6) is -1.89. The number of hydrogen-bond acceptors (Lipinski definition) is 7. The van der Waals surface area contributed by atoms with E-state index in [1.807, 2.05) is 6.07 Å². The van der Waals surface area contributed by atoms with Crippen LogP contribution in [0.4, 0.5) is 5.69 Å². The van der Waals surface area contributed by atoms with E-state index in [0.717, 1.165) is 11.3 Å². The first-order valence-corrected chi connectivity index (χ1v) is 11.8. The molecule has 2 amide bonds. The second-order valence-electron chi connectivity index (χ2n) is 6.67. The Bertz CT molecular complexity index is 1400. The number of hydrogen-bond donors (Lipinski definition) is 4. The second-order valence-corrected chi connectivity index (χ2v) is 9.53. The Hall–Kier alpha value is -4.16. The fourth-order valence-corrected chi connectivity index (χ4v) is 4.87. The number of rotatable bonds is 6. The number of thiophene rings is 1. The number of amides is 2. The minimum atomic E-state index is -3.77. The van der Waals surface area contributed by atoms with Crippen LogP contribution < -0.4 is 15.6 Å². The zero-order valence-electron chi connectivity index (χ0n) is 16.8. The van der Waals surface area contributed by atoms with Gasteiger partial charge >= 0.3 is 0 Å². The van der Waals surface area contributed by atoms with E-state index >= 15 is 0 Å². The van der Waals surface area contributed by atoms with Gasteiger partial charge in [-0.3, -0.25) is 25.2 Å². The number of carbonyl (C=O) groups is 2. The van der Waals surface area contributed by atoms with Gasteiger partial charge in [-0.2, -0.15) is 5.10 Å². The number of para-hydroxylation sites is 1. The van der Waals surface area contributed by atoms with Gasteiger partial charge in [0.2, 0.25) is 0 Å². The van der Waals surface area contributed by atoms with Crippen molar-refractivity contribution in [2.75, 3.05) is 4.72 Å². The van der Waals surface area contributed by atoms with Crippen molar-refractivity contribution in [2.24, 2.45) is 0 Å². The molecular weight excluding hydrogens is 466 g/mol. The van der Waals surface area contributed by atoms with Crippen molar-refractivity contribution in [1.82, 2.24) is 20.6 Å². The van der Waals surface area contributed by atoms with E-state index in [4.69, 9.17) is 0 Å². The normalized spacial score (nSPS) is 11.0. The van der Waals surface area contributed by atoms with E-state index in [1.165, 1.54) is 41.2 Å². The van der Waals surface area contributed by atoms with E-state index < -0.39 is 21.8 Å². The van der Waals surface area contributed by atoms with Crippen molar-refractivity contribution >= 4 is 38.9 Å². The van der Waals surface area contributed by atoms with Gasteiger partial charge in [0, 0.05) is 11.3 Å². The van der Waals surface area contributed by atoms with Gasteiger partial charge in [0.1, 0.15) is 4.21 Å². The molecule has 0 saturated heterocycles. The number of benzene rings is 2. The number of nitrogens with zero attached hydrogens (tertiary/aromatic N) is 2. The number of anilines is 1. The van der Waals surface area contributed by atoms with Gasteiger partial charge < -0.3 is 5.11 Å². The van der Waals surface area contributed by atoms with Crippen LogP contribution in [0.1, 0.15) is 20.8 Å². The van der Waals surface area contributed by atoms with Gasteiger partial charge in [-0.1, -0.05) is 30.3 Å². The fraction of sp³-hybridized carbons (Fsp3) is 0. The zero-order chi connectivity index (χ0) is 23.4. The lowest BCUT2D eigenvalue weighted by Gasteiger charge is -2.09. The Morgan fingerprint density at radius 3 is 2.42 bits per heavy atom. The summed E-state index contributed by atoms with van der Waals surface area (Å²) < 4.78 is 28.6. The maximum atomic E-state index is 12.4. The fourth-order valence-electron chi connectivity index (χ4n) is 2.83. The van der Waals surface area contributed by atoms with Crippen LogP contribution in [0.3, 0.4) is 0 Å². The molecule has 0 atom stereocenters. The van der Waals surface area contributed by atoms with Crippen LogP contribution in [0.2, 0.25) is 0 Å². The minimum Gasteiger partial charge on any atom is -0.504 e. The molecule has 0 unspecified atom stereocenters. The third-order valence-corrected chi connectivity index (χ3v) is 7.14. The average molecular weight is 484 g/mol. The van der Waals surface area contributed by atoms with Crippen molar-refractivity contribution in [2.45, 2.75) is 4.21 Å². The maximum absolute atomic E-state index is 12.4. The number of aromatic nitrogens is 2. The van der Waals surface area contributed by atoms with Gasteiger partial charge in [-0.15, -0.1) is 11.3 Å². The van der Waals surface area contributed by atoms with Crippen molar-refractivity contribution < 1.29 is 23.1 Å². The van der Waals surface area contributed by atoms with Crippen LogP contribution in [0.15, 0.2) is 82.5 Å². The van der Waals surface area contributed by atoms with Crippen LogP contribution >= 0.6 is 11.3 Å². The standard InChI is InChI=1S/C21H17N5O5S2/c27-17-13-26(16-8-2-1-3-9-16)24-19(17)21(29)23-22-20(28)14-6-4-7-15(12-14)25-33(30,31)18-10-5-11-32-18/h1-13,25,27H,(H,22,28)(H,23,29). The minimum absolute atomic E-state index is 0.0979. The average Bonchev–Trinajstić information content (AvgIpc) is 3.48. The lowest BCUT2D eigenvalue weighted by Crippen LogP contribution is -2.41. The lowest BCUT2D eigenvalue weighted by atomic mass is 10.2. The van der Waals surface area contributed by atoms with Crippen LogP contribution in [0.25, 0.3) is 5.69 Å². The molecule has 0 spiro atoms. The van der Waals surface area contributed by atoms with E-state index in [1.54, 1.807) is 35.7 Å². The Morgan fingerprint density at radius 1 is 0.939 bits per heavy atom. The summed E-state index contributed by atoms with van der Waals surface area (Å²) in [4.78, 5) is 24.8. The van der Waals surface area contributed by atoms with Gasteiger partial charge in [-0.25, -0.2) is 13.1 Å². The van der Waals surface area contributed by atoms with Crippen molar-refractivity contribution in [3.63, 3.8) is 0 Å². The Kier molecular flexibility index (Phi) is 6.11. The summed E-state index contributed by atoms with van der Waals surface area (Å²) >= 11 is 1.06. The number of carbonyl (C=O) groups excluding carboxylic acids is 2. The third-order valence-electron chi connectivity index (χ3n) is 4.36. The largest absolute Gasteiger partial charge is 0.504 e. The van der Waals surface area contributed by atoms with Crippen LogP contribution in [-0.2, 0) is 10.0 Å². The molecule has 0 aliphatic rings. The zero-order valence-corrected chi connectivity index (χ0v) is 18.4. The molecule has 0 aliphatic heterocycles. The Morgan fingerprint density at radius 2 is 1.70 bits per heavy atom. The van der Waals surface area contributed by atoms with Gasteiger partial charge in [0.25, 0.3) is 21.8 Å².